The van der Waals surface area contributed by atoms with Crippen LogP contribution in [0.15, 0.2) is 16.9 Å². The van der Waals surface area contributed by atoms with Crippen LogP contribution in [0.4, 0.5) is 18.9 Å². The van der Waals surface area contributed by atoms with Gasteiger partial charge >= 0.3 is 6.18 Å². The smallest absolute Gasteiger partial charge is 0.324 e. The minimum atomic E-state index is -4.53. The average molecular weight is 376 g/mol. The highest BCUT2D eigenvalue weighted by Crippen LogP contribution is 2.37. The molecule has 0 radical (unpaired) electrons. The number of hydrogen-bond donors (Lipinski definition) is 1. The number of hydrogen-bond acceptors (Lipinski definition) is 5. The third kappa shape index (κ3) is 3.96. The zero-order valence-electron chi connectivity index (χ0n) is 12.6. The number of nitrogens with zero attached hydrogens (tertiary/aromatic N) is 1. The zero-order chi connectivity index (χ0) is 17.3. The normalized spacial score (nSPS) is 16.5. The van der Waals surface area contributed by atoms with E-state index in [0.29, 0.717) is 4.70 Å². The van der Waals surface area contributed by atoms with Gasteiger partial charge in [0.25, 0.3) is 4.06 Å². The topological polar surface area (TPSA) is 49.4 Å². The van der Waals surface area contributed by atoms with Gasteiger partial charge in [-0.3, -0.25) is 14.5 Å². The van der Waals surface area contributed by atoms with E-state index in [1.165, 1.54) is 0 Å². The van der Waals surface area contributed by atoms with Gasteiger partial charge in [-0.05, 0) is 38.1 Å². The predicted octanol–water partition coefficient (Wildman–Crippen LogP) is 3.77. The van der Waals surface area contributed by atoms with Crippen molar-refractivity contribution in [3.8, 4) is 0 Å². The predicted molar refractivity (Wildman–Crippen MR) is 89.9 cm³/mol. The van der Waals surface area contributed by atoms with Crippen molar-refractivity contribution in [1.29, 1.82) is 0 Å². The number of alkyl halides is 3. The fourth-order valence-electron chi connectivity index (χ4n) is 2.74. The Bertz CT molecular complexity index is 807. The summed E-state index contributed by atoms with van der Waals surface area (Å²) in [5, 5.41) is 2.56. The van der Waals surface area contributed by atoms with Crippen LogP contribution in [-0.4, -0.2) is 30.4 Å². The zero-order valence-corrected chi connectivity index (χ0v) is 14.2. The quantitative estimate of drug-likeness (QED) is 0.887. The highest BCUT2D eigenvalue weighted by atomic mass is 32.2. The molecule has 3 rings (SSSR count). The summed E-state index contributed by atoms with van der Waals surface area (Å²) in [5.74, 6) is -0.358. The van der Waals surface area contributed by atoms with E-state index in [0.717, 1.165) is 67.2 Å². The first kappa shape index (κ1) is 17.4. The molecule has 0 atom stereocenters. The molecule has 9 heteroatoms. The molecule has 1 N–H and O–H groups in total. The molecule has 0 bridgehead atoms. The first-order valence-electron chi connectivity index (χ1n) is 7.50. The molecule has 1 saturated heterocycles. The van der Waals surface area contributed by atoms with E-state index >= 15 is 0 Å². The van der Waals surface area contributed by atoms with Gasteiger partial charge in [0.2, 0.25) is 5.91 Å². The molecule has 1 aromatic carbocycles. The second-order valence-corrected chi connectivity index (χ2v) is 7.94. The molecule has 0 aliphatic carbocycles. The van der Waals surface area contributed by atoms with Crippen LogP contribution in [0, 0.1) is 0 Å². The molecule has 0 unspecified atom stereocenters. The fourth-order valence-corrected chi connectivity index (χ4v) is 4.79. The number of fused-ring (bicyclic) bond motifs is 1. The second-order valence-electron chi connectivity index (χ2n) is 5.69. The van der Waals surface area contributed by atoms with E-state index in [1.807, 2.05) is 4.90 Å². The number of halogens is 3. The van der Waals surface area contributed by atoms with Crippen LogP contribution >= 0.6 is 22.7 Å². The molecule has 0 spiro atoms. The number of benzene rings is 1. The lowest BCUT2D eigenvalue weighted by Gasteiger charge is -2.25. The summed E-state index contributed by atoms with van der Waals surface area (Å²) in [7, 11) is 0. The number of anilines is 1. The summed E-state index contributed by atoms with van der Waals surface area (Å²) in [6.07, 6.45) is -1.35. The van der Waals surface area contributed by atoms with Crippen molar-refractivity contribution < 1.29 is 18.0 Å². The number of nitrogens with one attached hydrogen (secondary N) is 1. The maximum absolute atomic E-state index is 13.0. The molecule has 2 aromatic rings. The minimum absolute atomic E-state index is 0.0604. The third-order valence-corrected chi connectivity index (χ3v) is 6.00. The third-order valence-electron chi connectivity index (χ3n) is 3.85. The van der Waals surface area contributed by atoms with Crippen molar-refractivity contribution in [2.24, 2.45) is 0 Å². The van der Waals surface area contributed by atoms with E-state index in [-0.39, 0.29) is 26.9 Å². The Kier molecular flexibility index (Phi) is 4.93. The Morgan fingerprint density at radius 3 is 2.54 bits per heavy atom. The van der Waals surface area contributed by atoms with Gasteiger partial charge in [-0.2, -0.15) is 13.2 Å². The minimum Gasteiger partial charge on any atom is -0.324 e. The van der Waals surface area contributed by atoms with Gasteiger partial charge in [0.1, 0.15) is 0 Å². The van der Waals surface area contributed by atoms with Crippen LogP contribution in [0.25, 0.3) is 9.40 Å². The van der Waals surface area contributed by atoms with E-state index in [1.54, 1.807) is 0 Å². The first-order valence-corrected chi connectivity index (χ1v) is 9.13. The number of carbonyl (C=O) groups excluding carboxylic acids is 1. The van der Waals surface area contributed by atoms with Crippen molar-refractivity contribution in [2.45, 2.75) is 25.4 Å². The van der Waals surface area contributed by atoms with Crippen molar-refractivity contribution >= 4 is 43.7 Å². The van der Waals surface area contributed by atoms with Crippen LogP contribution < -0.4 is 9.37 Å². The standard InChI is InChI=1S/C15H15F3N2O2S2/c16-15(17,18)9-6-10(13-11(7-9)23-14(22)24-13)19-12(21)8-20-4-2-1-3-5-20/h6-7H,1-5,8H2,(H,19,21). The van der Waals surface area contributed by atoms with Crippen molar-refractivity contribution in [2.75, 3.05) is 25.0 Å². The monoisotopic (exact) mass is 376 g/mol. The van der Waals surface area contributed by atoms with Gasteiger partial charge in [0.15, 0.2) is 0 Å². The summed E-state index contributed by atoms with van der Waals surface area (Å²) in [6, 6.07) is 1.86. The van der Waals surface area contributed by atoms with E-state index in [2.05, 4.69) is 5.32 Å². The number of rotatable bonds is 3. The van der Waals surface area contributed by atoms with Gasteiger partial charge in [-0.15, -0.1) is 0 Å². The number of carbonyl (C=O) groups is 1. The average Bonchev–Trinajstić information content (AvgIpc) is 2.88. The molecule has 24 heavy (non-hydrogen) atoms. The lowest BCUT2D eigenvalue weighted by atomic mass is 10.1. The SMILES string of the molecule is O=C(CN1CCCCC1)Nc1cc(C(F)(F)F)cc2sc(=O)sc12. The van der Waals surface area contributed by atoms with E-state index in [4.69, 9.17) is 0 Å². The van der Waals surface area contributed by atoms with Crippen LogP contribution in [0.5, 0.6) is 0 Å². The summed E-state index contributed by atoms with van der Waals surface area (Å²) in [5.41, 5.74) is -0.803. The molecule has 0 saturated carbocycles. The number of amides is 1. The van der Waals surface area contributed by atoms with Crippen LogP contribution in [0.1, 0.15) is 24.8 Å². The number of piperidine rings is 1. The van der Waals surface area contributed by atoms with Gasteiger partial charge in [0.05, 0.1) is 27.2 Å². The Morgan fingerprint density at radius 1 is 1.17 bits per heavy atom. The highest BCUT2D eigenvalue weighted by Gasteiger charge is 2.32. The van der Waals surface area contributed by atoms with E-state index < -0.39 is 11.7 Å². The highest BCUT2D eigenvalue weighted by molar-refractivity contribution is 7.36. The van der Waals surface area contributed by atoms with Gasteiger partial charge < -0.3 is 5.32 Å². The Balaban J connectivity index is 1.86. The molecule has 2 heterocycles. The van der Waals surface area contributed by atoms with Gasteiger partial charge in [-0.1, -0.05) is 29.1 Å². The Hall–Kier alpha value is -1.45. The van der Waals surface area contributed by atoms with Crippen molar-refractivity contribution in [3.05, 3.63) is 26.5 Å². The van der Waals surface area contributed by atoms with Gasteiger partial charge in [0, 0.05) is 0 Å². The number of likely N-dealkylation sites (tertiary alicyclic amines) is 1. The maximum atomic E-state index is 13.0. The second kappa shape index (κ2) is 6.81. The Morgan fingerprint density at radius 2 is 1.88 bits per heavy atom. The largest absolute Gasteiger partial charge is 0.416 e. The van der Waals surface area contributed by atoms with Gasteiger partial charge in [-0.25, -0.2) is 0 Å². The molecule has 1 aromatic heterocycles. The molecule has 4 nitrogen and oxygen atoms in total. The van der Waals surface area contributed by atoms with Crippen LogP contribution in [0.2, 0.25) is 0 Å². The summed E-state index contributed by atoms with van der Waals surface area (Å²) in [6.45, 7) is 1.78. The van der Waals surface area contributed by atoms with Crippen LogP contribution in [0.3, 0.4) is 0 Å². The summed E-state index contributed by atoms with van der Waals surface area (Å²) in [4.78, 5) is 25.7. The molecule has 1 fully saturated rings. The summed E-state index contributed by atoms with van der Waals surface area (Å²) >= 11 is 1.61. The summed E-state index contributed by atoms with van der Waals surface area (Å²) < 4.78 is 39.4. The van der Waals surface area contributed by atoms with E-state index in [9.17, 15) is 22.8 Å². The fraction of sp³-hybridized carbons (Fsp3) is 0.467. The molecule has 1 aliphatic heterocycles. The molecule has 1 aliphatic rings. The van der Waals surface area contributed by atoms with Crippen molar-refractivity contribution in [1.82, 2.24) is 4.90 Å². The molecular weight excluding hydrogens is 361 g/mol. The lowest BCUT2D eigenvalue weighted by molar-refractivity contribution is -0.137. The van der Waals surface area contributed by atoms with Crippen LogP contribution in [-0.2, 0) is 11.0 Å². The Labute approximate surface area is 143 Å². The first-order chi connectivity index (χ1) is 11.3. The lowest BCUT2D eigenvalue weighted by Crippen LogP contribution is -2.36. The molecule has 130 valence electrons. The maximum Gasteiger partial charge on any atom is 0.416 e. The molecular formula is C15H15F3N2O2S2. The molecule has 1 amide bonds. The van der Waals surface area contributed by atoms with Crippen molar-refractivity contribution in [3.63, 3.8) is 0 Å².